The Bertz CT molecular complexity index is 906. The molecule has 1 atom stereocenters. The Hall–Kier alpha value is -3.02. The number of fused-ring (bicyclic) bond motifs is 1. The van der Waals surface area contributed by atoms with E-state index >= 15 is 0 Å². The van der Waals surface area contributed by atoms with Crippen LogP contribution in [0.4, 0.5) is 11.4 Å². The zero-order valence-electron chi connectivity index (χ0n) is 17.0. The number of piperazine rings is 1. The van der Waals surface area contributed by atoms with Gasteiger partial charge in [-0.1, -0.05) is 24.3 Å². The third-order valence-electron chi connectivity index (χ3n) is 5.62. The van der Waals surface area contributed by atoms with Crippen molar-refractivity contribution < 1.29 is 14.3 Å². The third-order valence-corrected chi connectivity index (χ3v) is 5.62. The molecule has 1 saturated heterocycles. The lowest BCUT2D eigenvalue weighted by Gasteiger charge is -2.37. The highest BCUT2D eigenvalue weighted by Gasteiger charge is 2.32. The fourth-order valence-corrected chi connectivity index (χ4v) is 3.99. The van der Waals surface area contributed by atoms with Crippen molar-refractivity contribution in [2.24, 2.45) is 0 Å². The van der Waals surface area contributed by atoms with Gasteiger partial charge in [0.25, 0.3) is 5.91 Å². The van der Waals surface area contributed by atoms with E-state index in [4.69, 9.17) is 4.74 Å². The SMILES string of the molecule is Cc1cccc(N2CCN(C(=O)CCN3C(=O)C(C)Oc4ccccc43)CC2)c1. The number of anilines is 2. The molecule has 1 fully saturated rings. The summed E-state index contributed by atoms with van der Waals surface area (Å²) in [5.74, 6) is 0.693. The molecular weight excluding hydrogens is 366 g/mol. The first kappa shape index (κ1) is 19.3. The molecule has 6 nitrogen and oxygen atoms in total. The van der Waals surface area contributed by atoms with Gasteiger partial charge in [-0.3, -0.25) is 9.59 Å². The molecule has 0 aliphatic carbocycles. The van der Waals surface area contributed by atoms with Crippen LogP contribution in [-0.2, 0) is 9.59 Å². The second-order valence-corrected chi connectivity index (χ2v) is 7.67. The predicted molar refractivity (Wildman–Crippen MR) is 113 cm³/mol. The number of hydrogen-bond acceptors (Lipinski definition) is 4. The predicted octanol–water partition coefficient (Wildman–Crippen LogP) is 2.85. The molecule has 2 heterocycles. The quantitative estimate of drug-likeness (QED) is 0.802. The van der Waals surface area contributed by atoms with E-state index in [-0.39, 0.29) is 11.8 Å². The van der Waals surface area contributed by atoms with Crippen LogP contribution in [0.15, 0.2) is 48.5 Å². The van der Waals surface area contributed by atoms with Crippen molar-refractivity contribution >= 4 is 23.2 Å². The molecule has 0 radical (unpaired) electrons. The second kappa shape index (κ2) is 8.15. The Morgan fingerprint density at radius 2 is 1.83 bits per heavy atom. The first-order chi connectivity index (χ1) is 14.0. The Kier molecular flexibility index (Phi) is 5.43. The molecule has 6 heteroatoms. The van der Waals surface area contributed by atoms with Gasteiger partial charge in [0.2, 0.25) is 5.91 Å². The smallest absolute Gasteiger partial charge is 0.267 e. The van der Waals surface area contributed by atoms with E-state index < -0.39 is 6.10 Å². The average Bonchev–Trinajstić information content (AvgIpc) is 2.74. The minimum atomic E-state index is -0.530. The molecule has 4 rings (SSSR count). The summed E-state index contributed by atoms with van der Waals surface area (Å²) in [4.78, 5) is 31.3. The number of rotatable bonds is 4. The lowest BCUT2D eigenvalue weighted by molar-refractivity contribution is -0.131. The first-order valence-electron chi connectivity index (χ1n) is 10.2. The van der Waals surface area contributed by atoms with Crippen molar-refractivity contribution in [2.45, 2.75) is 26.4 Å². The van der Waals surface area contributed by atoms with Gasteiger partial charge in [0.15, 0.2) is 6.10 Å². The van der Waals surface area contributed by atoms with E-state index in [1.807, 2.05) is 29.2 Å². The number of hydrogen-bond donors (Lipinski definition) is 0. The molecule has 2 amide bonds. The van der Waals surface area contributed by atoms with Gasteiger partial charge in [-0.15, -0.1) is 0 Å². The first-order valence-corrected chi connectivity index (χ1v) is 10.2. The maximum Gasteiger partial charge on any atom is 0.267 e. The minimum Gasteiger partial charge on any atom is -0.479 e. The van der Waals surface area contributed by atoms with E-state index in [0.717, 1.165) is 18.8 Å². The number of amides is 2. The van der Waals surface area contributed by atoms with Gasteiger partial charge in [-0.25, -0.2) is 0 Å². The summed E-state index contributed by atoms with van der Waals surface area (Å²) in [6.45, 7) is 7.28. The van der Waals surface area contributed by atoms with Gasteiger partial charge in [-0.05, 0) is 43.7 Å². The number of para-hydroxylation sites is 2. The van der Waals surface area contributed by atoms with Gasteiger partial charge in [0.1, 0.15) is 5.75 Å². The van der Waals surface area contributed by atoms with Crippen LogP contribution < -0.4 is 14.5 Å². The number of carbonyl (C=O) groups is 2. The maximum absolute atomic E-state index is 12.8. The summed E-state index contributed by atoms with van der Waals surface area (Å²) in [7, 11) is 0. The van der Waals surface area contributed by atoms with Crippen LogP contribution in [0.2, 0.25) is 0 Å². The van der Waals surface area contributed by atoms with Gasteiger partial charge < -0.3 is 19.4 Å². The largest absolute Gasteiger partial charge is 0.479 e. The van der Waals surface area contributed by atoms with Crippen molar-refractivity contribution in [3.05, 3.63) is 54.1 Å². The molecule has 0 N–H and O–H groups in total. The van der Waals surface area contributed by atoms with E-state index in [1.54, 1.807) is 11.8 Å². The molecule has 0 aromatic heterocycles. The zero-order chi connectivity index (χ0) is 20.4. The van der Waals surface area contributed by atoms with E-state index in [2.05, 4.69) is 36.1 Å². The molecule has 29 heavy (non-hydrogen) atoms. The minimum absolute atomic E-state index is 0.0957. The van der Waals surface area contributed by atoms with Gasteiger partial charge in [0.05, 0.1) is 5.69 Å². The van der Waals surface area contributed by atoms with Crippen molar-refractivity contribution in [3.63, 3.8) is 0 Å². The van der Waals surface area contributed by atoms with E-state index in [0.29, 0.717) is 31.8 Å². The van der Waals surface area contributed by atoms with Crippen molar-refractivity contribution in [1.82, 2.24) is 4.90 Å². The number of ether oxygens (including phenoxy) is 1. The van der Waals surface area contributed by atoms with Gasteiger partial charge in [-0.2, -0.15) is 0 Å². The van der Waals surface area contributed by atoms with E-state index in [9.17, 15) is 9.59 Å². The molecule has 152 valence electrons. The fraction of sp³-hybridized carbons (Fsp3) is 0.391. The monoisotopic (exact) mass is 393 g/mol. The van der Waals surface area contributed by atoms with Gasteiger partial charge in [0, 0.05) is 44.8 Å². The lowest BCUT2D eigenvalue weighted by atomic mass is 10.1. The average molecular weight is 393 g/mol. The van der Waals surface area contributed by atoms with Crippen LogP contribution in [0, 0.1) is 6.92 Å². The van der Waals surface area contributed by atoms with Crippen LogP contribution in [0.25, 0.3) is 0 Å². The van der Waals surface area contributed by atoms with Crippen molar-refractivity contribution in [3.8, 4) is 5.75 Å². The Morgan fingerprint density at radius 1 is 1.07 bits per heavy atom. The van der Waals surface area contributed by atoms with Gasteiger partial charge >= 0.3 is 0 Å². The Balaban J connectivity index is 1.34. The van der Waals surface area contributed by atoms with Crippen LogP contribution in [0.1, 0.15) is 18.9 Å². The summed E-state index contributed by atoms with van der Waals surface area (Å²) in [6, 6.07) is 16.0. The number of nitrogens with zero attached hydrogens (tertiary/aromatic N) is 3. The molecule has 2 aliphatic rings. The Morgan fingerprint density at radius 3 is 2.59 bits per heavy atom. The van der Waals surface area contributed by atoms with Crippen LogP contribution in [0.5, 0.6) is 5.75 Å². The molecular formula is C23H27N3O3. The molecule has 2 aliphatic heterocycles. The normalized spacial score (nSPS) is 19.0. The number of benzene rings is 2. The second-order valence-electron chi connectivity index (χ2n) is 7.67. The maximum atomic E-state index is 12.8. The summed E-state index contributed by atoms with van der Waals surface area (Å²) >= 11 is 0. The molecule has 1 unspecified atom stereocenters. The fourth-order valence-electron chi connectivity index (χ4n) is 3.99. The van der Waals surface area contributed by atoms with Crippen LogP contribution >= 0.6 is 0 Å². The number of carbonyl (C=O) groups excluding carboxylic acids is 2. The summed E-state index contributed by atoms with van der Waals surface area (Å²) in [6.07, 6.45) is -0.213. The third kappa shape index (κ3) is 4.06. The van der Waals surface area contributed by atoms with Crippen LogP contribution in [-0.4, -0.2) is 55.5 Å². The highest BCUT2D eigenvalue weighted by molar-refractivity contribution is 6.00. The molecule has 2 aromatic carbocycles. The lowest BCUT2D eigenvalue weighted by Crippen LogP contribution is -2.50. The summed E-state index contributed by atoms with van der Waals surface area (Å²) < 4.78 is 5.67. The topological polar surface area (TPSA) is 53.1 Å². The van der Waals surface area contributed by atoms with Crippen LogP contribution in [0.3, 0.4) is 0 Å². The standard InChI is InChI=1S/C23H27N3O3/c1-17-6-5-7-19(16-17)24-12-14-25(15-13-24)22(27)10-11-26-20-8-3-4-9-21(20)29-18(2)23(26)28/h3-9,16,18H,10-15H2,1-2H3. The molecule has 0 saturated carbocycles. The van der Waals surface area contributed by atoms with E-state index in [1.165, 1.54) is 11.3 Å². The summed E-state index contributed by atoms with van der Waals surface area (Å²) in [5.41, 5.74) is 3.19. The summed E-state index contributed by atoms with van der Waals surface area (Å²) in [5, 5.41) is 0. The van der Waals surface area contributed by atoms with Crippen molar-refractivity contribution in [1.29, 1.82) is 0 Å². The highest BCUT2D eigenvalue weighted by atomic mass is 16.5. The number of aryl methyl sites for hydroxylation is 1. The molecule has 0 spiro atoms. The highest BCUT2D eigenvalue weighted by Crippen LogP contribution is 2.33. The zero-order valence-corrected chi connectivity index (χ0v) is 17.0. The molecule has 2 aromatic rings. The van der Waals surface area contributed by atoms with Crippen molar-refractivity contribution in [2.75, 3.05) is 42.5 Å². The molecule has 0 bridgehead atoms. The Labute approximate surface area is 171 Å².